The van der Waals surface area contributed by atoms with E-state index in [0.717, 1.165) is 17.0 Å². The maximum Gasteiger partial charge on any atom is 0.118 e. The third kappa shape index (κ3) is 3.11. The van der Waals surface area contributed by atoms with E-state index in [1.165, 1.54) is 5.56 Å². The molecule has 14 heavy (non-hydrogen) atoms. The summed E-state index contributed by atoms with van der Waals surface area (Å²) in [6, 6.07) is 8.07. The monoisotopic (exact) mass is 208 g/mol. The van der Waals surface area contributed by atoms with Crippen LogP contribution < -0.4 is 4.74 Å². The summed E-state index contributed by atoms with van der Waals surface area (Å²) in [7, 11) is 1.67. The molecule has 0 aliphatic rings. The van der Waals surface area contributed by atoms with Crippen LogP contribution in [0, 0.1) is 5.92 Å². The first kappa shape index (κ1) is 11.2. The van der Waals surface area contributed by atoms with Crippen molar-refractivity contribution in [2.24, 2.45) is 5.92 Å². The van der Waals surface area contributed by atoms with Crippen LogP contribution >= 0.6 is 12.2 Å². The SMILES string of the molecule is COc1ccc(CC(=S)C(C)C)cc1. The first-order valence-corrected chi connectivity index (χ1v) is 5.20. The second-order valence-corrected chi connectivity index (χ2v) is 4.17. The van der Waals surface area contributed by atoms with E-state index >= 15 is 0 Å². The van der Waals surface area contributed by atoms with E-state index in [0.29, 0.717) is 5.92 Å². The van der Waals surface area contributed by atoms with Gasteiger partial charge in [0.25, 0.3) is 0 Å². The average Bonchev–Trinajstić information content (AvgIpc) is 2.19. The van der Waals surface area contributed by atoms with Crippen molar-refractivity contribution in [1.82, 2.24) is 0 Å². The molecule has 0 fully saturated rings. The zero-order valence-corrected chi connectivity index (χ0v) is 9.73. The van der Waals surface area contributed by atoms with Crippen LogP contribution in [0.4, 0.5) is 0 Å². The fourth-order valence-corrected chi connectivity index (χ4v) is 1.32. The van der Waals surface area contributed by atoms with Crippen LogP contribution in [0.25, 0.3) is 0 Å². The van der Waals surface area contributed by atoms with Gasteiger partial charge in [0.2, 0.25) is 0 Å². The van der Waals surface area contributed by atoms with Crippen molar-refractivity contribution in [2.75, 3.05) is 7.11 Å². The van der Waals surface area contributed by atoms with E-state index in [1.54, 1.807) is 7.11 Å². The van der Waals surface area contributed by atoms with Crippen LogP contribution in [0.1, 0.15) is 19.4 Å². The van der Waals surface area contributed by atoms with E-state index in [2.05, 4.69) is 26.0 Å². The van der Waals surface area contributed by atoms with Gasteiger partial charge in [-0.2, -0.15) is 0 Å². The Kier molecular flexibility index (Phi) is 4.08. The summed E-state index contributed by atoms with van der Waals surface area (Å²) in [4.78, 5) is 1.11. The molecule has 1 rings (SSSR count). The summed E-state index contributed by atoms with van der Waals surface area (Å²) in [5.74, 6) is 1.37. The van der Waals surface area contributed by atoms with E-state index in [4.69, 9.17) is 17.0 Å². The highest BCUT2D eigenvalue weighted by Gasteiger charge is 2.03. The highest BCUT2D eigenvalue weighted by atomic mass is 32.1. The molecule has 1 nitrogen and oxygen atoms in total. The van der Waals surface area contributed by atoms with E-state index < -0.39 is 0 Å². The van der Waals surface area contributed by atoms with Crippen molar-refractivity contribution in [1.29, 1.82) is 0 Å². The summed E-state index contributed by atoms with van der Waals surface area (Å²) in [5.41, 5.74) is 1.25. The van der Waals surface area contributed by atoms with E-state index in [9.17, 15) is 0 Å². The highest BCUT2D eigenvalue weighted by molar-refractivity contribution is 7.80. The van der Waals surface area contributed by atoms with Gasteiger partial charge in [0.05, 0.1) is 7.11 Å². The number of methoxy groups -OCH3 is 1. The van der Waals surface area contributed by atoms with Crippen LogP contribution in [-0.2, 0) is 6.42 Å². The molecule has 0 atom stereocenters. The minimum absolute atomic E-state index is 0.479. The Hall–Kier alpha value is -0.890. The Morgan fingerprint density at radius 3 is 2.29 bits per heavy atom. The predicted molar refractivity (Wildman–Crippen MR) is 64.1 cm³/mol. The van der Waals surface area contributed by atoms with Crippen LogP contribution in [0.15, 0.2) is 24.3 Å². The van der Waals surface area contributed by atoms with Gasteiger partial charge in [0, 0.05) is 6.42 Å². The molecular formula is C12H16OS. The molecule has 0 spiro atoms. The summed E-state index contributed by atoms with van der Waals surface area (Å²) in [5, 5.41) is 0. The minimum atomic E-state index is 0.479. The predicted octanol–water partition coefficient (Wildman–Crippen LogP) is 3.26. The highest BCUT2D eigenvalue weighted by Crippen LogP contribution is 2.13. The lowest BCUT2D eigenvalue weighted by atomic mass is 10.0. The first-order valence-electron chi connectivity index (χ1n) is 4.79. The Morgan fingerprint density at radius 2 is 1.86 bits per heavy atom. The summed E-state index contributed by atoms with van der Waals surface area (Å²) in [6.07, 6.45) is 0.886. The molecule has 0 radical (unpaired) electrons. The molecule has 1 aromatic rings. The Morgan fingerprint density at radius 1 is 1.29 bits per heavy atom. The van der Waals surface area contributed by atoms with Crippen molar-refractivity contribution in [3.05, 3.63) is 29.8 Å². The Balaban J connectivity index is 2.64. The van der Waals surface area contributed by atoms with Crippen LogP contribution in [0.3, 0.4) is 0 Å². The summed E-state index contributed by atoms with van der Waals surface area (Å²) < 4.78 is 5.09. The smallest absolute Gasteiger partial charge is 0.118 e. The maximum absolute atomic E-state index is 5.29. The Bertz CT molecular complexity index is 301. The number of hydrogen-bond donors (Lipinski definition) is 0. The molecule has 0 aromatic heterocycles. The quantitative estimate of drug-likeness (QED) is 0.702. The molecule has 0 aliphatic carbocycles. The lowest BCUT2D eigenvalue weighted by Gasteiger charge is -2.07. The summed E-state index contributed by atoms with van der Waals surface area (Å²) in [6.45, 7) is 4.26. The largest absolute Gasteiger partial charge is 0.497 e. The molecule has 0 bridgehead atoms. The van der Waals surface area contributed by atoms with Gasteiger partial charge >= 0.3 is 0 Å². The molecule has 1 aromatic carbocycles. The van der Waals surface area contributed by atoms with Gasteiger partial charge in [-0.1, -0.05) is 38.2 Å². The van der Waals surface area contributed by atoms with Gasteiger partial charge in [0.1, 0.15) is 5.75 Å². The van der Waals surface area contributed by atoms with Gasteiger partial charge in [0.15, 0.2) is 0 Å². The van der Waals surface area contributed by atoms with E-state index in [-0.39, 0.29) is 0 Å². The number of ether oxygens (including phenoxy) is 1. The number of rotatable bonds is 4. The van der Waals surface area contributed by atoms with Crippen molar-refractivity contribution >= 4 is 17.1 Å². The van der Waals surface area contributed by atoms with Crippen molar-refractivity contribution in [2.45, 2.75) is 20.3 Å². The van der Waals surface area contributed by atoms with E-state index in [1.807, 2.05) is 12.1 Å². The molecule has 0 saturated heterocycles. The zero-order chi connectivity index (χ0) is 10.6. The zero-order valence-electron chi connectivity index (χ0n) is 8.91. The Labute approximate surface area is 91.1 Å². The lowest BCUT2D eigenvalue weighted by molar-refractivity contribution is 0.414. The number of hydrogen-bond acceptors (Lipinski definition) is 2. The lowest BCUT2D eigenvalue weighted by Crippen LogP contribution is -2.07. The topological polar surface area (TPSA) is 9.23 Å². The second-order valence-electron chi connectivity index (χ2n) is 3.65. The molecule has 0 saturated carbocycles. The minimum Gasteiger partial charge on any atom is -0.497 e. The molecule has 0 heterocycles. The fraction of sp³-hybridized carbons (Fsp3) is 0.417. The molecule has 0 amide bonds. The molecule has 0 aliphatic heterocycles. The number of benzene rings is 1. The van der Waals surface area contributed by atoms with Crippen LogP contribution in [-0.4, -0.2) is 12.0 Å². The summed E-state index contributed by atoms with van der Waals surface area (Å²) >= 11 is 5.29. The molecule has 2 heteroatoms. The molecular weight excluding hydrogens is 192 g/mol. The van der Waals surface area contributed by atoms with Crippen LogP contribution in [0.2, 0.25) is 0 Å². The third-order valence-corrected chi connectivity index (χ3v) is 2.80. The van der Waals surface area contributed by atoms with Crippen molar-refractivity contribution < 1.29 is 4.74 Å². The molecule has 76 valence electrons. The van der Waals surface area contributed by atoms with Gasteiger partial charge < -0.3 is 4.74 Å². The molecule has 0 N–H and O–H groups in total. The van der Waals surface area contributed by atoms with Gasteiger partial charge in [-0.25, -0.2) is 0 Å². The maximum atomic E-state index is 5.29. The number of thiocarbonyl (C=S) groups is 1. The third-order valence-electron chi connectivity index (χ3n) is 2.18. The van der Waals surface area contributed by atoms with Gasteiger partial charge in [-0.3, -0.25) is 0 Å². The first-order chi connectivity index (χ1) is 6.63. The van der Waals surface area contributed by atoms with Gasteiger partial charge in [-0.15, -0.1) is 0 Å². The van der Waals surface area contributed by atoms with Crippen molar-refractivity contribution in [3.8, 4) is 5.75 Å². The second kappa shape index (κ2) is 5.11. The standard InChI is InChI=1S/C12H16OS/c1-9(2)12(14)8-10-4-6-11(13-3)7-5-10/h4-7,9H,8H2,1-3H3. The van der Waals surface area contributed by atoms with Crippen molar-refractivity contribution in [3.63, 3.8) is 0 Å². The normalized spacial score (nSPS) is 10.3. The van der Waals surface area contributed by atoms with Gasteiger partial charge in [-0.05, 0) is 28.5 Å². The average molecular weight is 208 g/mol. The fourth-order valence-electron chi connectivity index (χ4n) is 1.15. The van der Waals surface area contributed by atoms with Crippen LogP contribution in [0.5, 0.6) is 5.75 Å². The molecule has 0 unspecified atom stereocenters.